The predicted molar refractivity (Wildman–Crippen MR) is 76.0 cm³/mol. The zero-order valence-electron chi connectivity index (χ0n) is 11.3. The van der Waals surface area contributed by atoms with Gasteiger partial charge >= 0.3 is 0 Å². The number of carbonyl (C=O) groups is 1. The first-order valence-corrected chi connectivity index (χ1v) is 7.08. The summed E-state index contributed by atoms with van der Waals surface area (Å²) in [7, 11) is 0. The highest BCUT2D eigenvalue weighted by Gasteiger charge is 2.18. The number of hydrogen-bond donors (Lipinski definition) is 1. The van der Waals surface area contributed by atoms with Crippen molar-refractivity contribution in [3.05, 3.63) is 30.2 Å². The van der Waals surface area contributed by atoms with Crippen LogP contribution in [0.4, 0.5) is 5.88 Å². The number of fused-ring (bicyclic) bond motifs is 1. The normalized spacial score (nSPS) is 12.5. The molecule has 3 aromatic rings. The molecule has 0 bridgehead atoms. The molecule has 21 heavy (non-hydrogen) atoms. The van der Waals surface area contributed by atoms with E-state index in [0.717, 1.165) is 0 Å². The lowest BCUT2D eigenvalue weighted by Gasteiger charge is -2.06. The van der Waals surface area contributed by atoms with Crippen molar-refractivity contribution in [1.82, 2.24) is 24.7 Å². The summed E-state index contributed by atoms with van der Waals surface area (Å²) in [5.74, 6) is 0.621. The van der Waals surface area contributed by atoms with Gasteiger partial charge in [-0.15, -0.1) is 5.10 Å². The molecule has 0 aliphatic carbocycles. The van der Waals surface area contributed by atoms with Crippen molar-refractivity contribution < 1.29 is 9.32 Å². The number of nitrogens with one attached hydrogen (secondary N) is 1. The molecular formula is C12H12N6O2S. The Morgan fingerprint density at radius 2 is 2.38 bits per heavy atom. The summed E-state index contributed by atoms with van der Waals surface area (Å²) in [5.41, 5.74) is 0.707. The summed E-state index contributed by atoms with van der Waals surface area (Å²) in [6, 6.07) is 3.42. The highest BCUT2D eigenvalue weighted by atomic mass is 32.2. The standard InChI is InChI=1S/C12H12N6O2S/c1-7-6-9(20-17-7)14-10(19)8(2)21-12-15-11-13-4-3-5-18(11)16-12/h3-6,8H,1-2H3,(H,14,19). The Morgan fingerprint density at radius 1 is 1.52 bits per heavy atom. The average molecular weight is 304 g/mol. The third-order valence-electron chi connectivity index (χ3n) is 2.62. The Bertz CT molecular complexity index is 750. The van der Waals surface area contributed by atoms with E-state index < -0.39 is 0 Å². The topological polar surface area (TPSA) is 98.2 Å². The van der Waals surface area contributed by atoms with Gasteiger partial charge in [-0.1, -0.05) is 16.9 Å². The molecule has 3 aromatic heterocycles. The molecule has 0 saturated carbocycles. The maximum atomic E-state index is 12.0. The number of carbonyl (C=O) groups excluding carboxylic acids is 1. The molecule has 1 amide bonds. The van der Waals surface area contributed by atoms with E-state index in [4.69, 9.17) is 4.52 Å². The fraction of sp³-hybridized carbons (Fsp3) is 0.250. The van der Waals surface area contributed by atoms with Gasteiger partial charge in [-0.25, -0.2) is 9.50 Å². The maximum Gasteiger partial charge on any atom is 0.253 e. The summed E-state index contributed by atoms with van der Waals surface area (Å²) in [4.78, 5) is 20.4. The van der Waals surface area contributed by atoms with E-state index >= 15 is 0 Å². The monoisotopic (exact) mass is 304 g/mol. The molecule has 0 aliphatic rings. The molecule has 1 atom stereocenters. The second-order valence-corrected chi connectivity index (χ2v) is 5.65. The van der Waals surface area contributed by atoms with E-state index in [1.54, 1.807) is 42.9 Å². The lowest BCUT2D eigenvalue weighted by molar-refractivity contribution is -0.115. The number of thioether (sulfide) groups is 1. The molecule has 108 valence electrons. The van der Waals surface area contributed by atoms with Crippen molar-refractivity contribution in [2.24, 2.45) is 0 Å². The molecule has 0 aromatic carbocycles. The Kier molecular flexibility index (Phi) is 3.57. The first-order chi connectivity index (χ1) is 10.1. The summed E-state index contributed by atoms with van der Waals surface area (Å²) in [6.45, 7) is 3.55. The van der Waals surface area contributed by atoms with Crippen molar-refractivity contribution in [3.63, 3.8) is 0 Å². The van der Waals surface area contributed by atoms with E-state index in [1.807, 2.05) is 0 Å². The van der Waals surface area contributed by atoms with Crippen LogP contribution in [0.15, 0.2) is 34.2 Å². The fourth-order valence-electron chi connectivity index (χ4n) is 1.62. The first kappa shape index (κ1) is 13.6. The largest absolute Gasteiger partial charge is 0.338 e. The van der Waals surface area contributed by atoms with E-state index in [9.17, 15) is 4.79 Å². The smallest absolute Gasteiger partial charge is 0.253 e. The van der Waals surface area contributed by atoms with Crippen LogP contribution in [0.2, 0.25) is 0 Å². The molecule has 8 nitrogen and oxygen atoms in total. The quantitative estimate of drug-likeness (QED) is 0.730. The van der Waals surface area contributed by atoms with E-state index in [1.165, 1.54) is 11.8 Å². The molecule has 0 spiro atoms. The molecule has 9 heteroatoms. The second kappa shape index (κ2) is 5.52. The van der Waals surface area contributed by atoms with Gasteiger partial charge in [0.05, 0.1) is 10.9 Å². The van der Waals surface area contributed by atoms with Gasteiger partial charge in [0.25, 0.3) is 5.78 Å². The van der Waals surface area contributed by atoms with Crippen molar-refractivity contribution in [1.29, 1.82) is 0 Å². The number of aryl methyl sites for hydroxylation is 1. The first-order valence-electron chi connectivity index (χ1n) is 6.20. The van der Waals surface area contributed by atoms with Gasteiger partial charge in [-0.05, 0) is 19.9 Å². The van der Waals surface area contributed by atoms with Crippen molar-refractivity contribution >= 4 is 29.3 Å². The minimum absolute atomic E-state index is 0.206. The fourth-order valence-corrected chi connectivity index (χ4v) is 2.37. The van der Waals surface area contributed by atoms with Gasteiger partial charge in [-0.2, -0.15) is 4.98 Å². The number of aromatic nitrogens is 5. The van der Waals surface area contributed by atoms with Crippen molar-refractivity contribution in [2.45, 2.75) is 24.3 Å². The van der Waals surface area contributed by atoms with Crippen LogP contribution in [0.5, 0.6) is 0 Å². The second-order valence-electron chi connectivity index (χ2n) is 4.34. The van der Waals surface area contributed by atoms with Crippen LogP contribution < -0.4 is 5.32 Å². The van der Waals surface area contributed by atoms with Gasteiger partial charge in [0.15, 0.2) is 0 Å². The summed E-state index contributed by atoms with van der Waals surface area (Å²) < 4.78 is 6.51. The van der Waals surface area contributed by atoms with E-state index in [0.29, 0.717) is 22.5 Å². The summed E-state index contributed by atoms with van der Waals surface area (Å²) in [5, 5.41) is 10.7. The van der Waals surface area contributed by atoms with E-state index in [2.05, 4.69) is 25.5 Å². The van der Waals surface area contributed by atoms with Crippen LogP contribution in [0.25, 0.3) is 5.78 Å². The Hall–Kier alpha value is -2.42. The molecule has 1 N–H and O–H groups in total. The van der Waals surface area contributed by atoms with Gasteiger partial charge < -0.3 is 4.52 Å². The van der Waals surface area contributed by atoms with Gasteiger partial charge in [0.1, 0.15) is 0 Å². The lowest BCUT2D eigenvalue weighted by Crippen LogP contribution is -2.22. The summed E-state index contributed by atoms with van der Waals surface area (Å²) >= 11 is 1.25. The lowest BCUT2D eigenvalue weighted by atomic mass is 10.4. The van der Waals surface area contributed by atoms with Crippen molar-refractivity contribution in [3.8, 4) is 0 Å². The van der Waals surface area contributed by atoms with Crippen molar-refractivity contribution in [2.75, 3.05) is 5.32 Å². The number of nitrogens with zero attached hydrogens (tertiary/aromatic N) is 5. The third-order valence-corrected chi connectivity index (χ3v) is 3.57. The third kappa shape index (κ3) is 3.02. The van der Waals surface area contributed by atoms with Crippen LogP contribution in [0.3, 0.4) is 0 Å². The van der Waals surface area contributed by atoms with Crippen LogP contribution in [0.1, 0.15) is 12.6 Å². The van der Waals surface area contributed by atoms with Gasteiger partial charge in [-0.3, -0.25) is 10.1 Å². The highest BCUT2D eigenvalue weighted by Crippen LogP contribution is 2.21. The molecule has 0 fully saturated rings. The molecular weight excluding hydrogens is 292 g/mol. The zero-order chi connectivity index (χ0) is 14.8. The maximum absolute atomic E-state index is 12.0. The predicted octanol–water partition coefficient (Wildman–Crippen LogP) is 1.54. The number of anilines is 1. The number of hydrogen-bond acceptors (Lipinski definition) is 7. The Morgan fingerprint density at radius 3 is 3.10 bits per heavy atom. The van der Waals surface area contributed by atoms with Gasteiger partial charge in [0.2, 0.25) is 16.9 Å². The average Bonchev–Trinajstić information content (AvgIpc) is 3.04. The number of rotatable bonds is 4. The van der Waals surface area contributed by atoms with Crippen LogP contribution in [-0.4, -0.2) is 35.9 Å². The van der Waals surface area contributed by atoms with Crippen LogP contribution in [0, 0.1) is 6.92 Å². The molecule has 0 aliphatic heterocycles. The van der Waals surface area contributed by atoms with Gasteiger partial charge in [0, 0.05) is 18.5 Å². The molecule has 3 heterocycles. The minimum atomic E-state index is -0.382. The van der Waals surface area contributed by atoms with Crippen LogP contribution >= 0.6 is 11.8 Å². The minimum Gasteiger partial charge on any atom is -0.338 e. The Balaban J connectivity index is 1.67. The van der Waals surface area contributed by atoms with E-state index in [-0.39, 0.29) is 11.2 Å². The molecule has 0 saturated heterocycles. The SMILES string of the molecule is Cc1cc(NC(=O)C(C)Sc2nc3ncccn3n2)on1. The molecule has 3 rings (SSSR count). The van der Waals surface area contributed by atoms with Crippen LogP contribution in [-0.2, 0) is 4.79 Å². The molecule has 0 radical (unpaired) electrons. The Labute approximate surface area is 123 Å². The highest BCUT2D eigenvalue weighted by molar-refractivity contribution is 8.00. The molecule has 1 unspecified atom stereocenters. The summed E-state index contributed by atoms with van der Waals surface area (Å²) in [6.07, 6.45) is 3.39. The zero-order valence-corrected chi connectivity index (χ0v) is 12.2. The number of amides is 1.